The average molecular weight is 153 g/mol. The molecule has 0 saturated heterocycles. The third-order valence-electron chi connectivity index (χ3n) is 2.20. The summed E-state index contributed by atoms with van der Waals surface area (Å²) in [5.41, 5.74) is 6.52. The van der Waals surface area contributed by atoms with Crippen LogP contribution >= 0.6 is 0 Å². The van der Waals surface area contributed by atoms with Crippen molar-refractivity contribution in [2.24, 2.45) is 17.6 Å². The molecule has 62 valence electrons. The van der Waals surface area contributed by atoms with Crippen molar-refractivity contribution in [3.8, 4) is 0 Å². The van der Waals surface area contributed by atoms with Gasteiger partial charge >= 0.3 is 0 Å². The third-order valence-corrected chi connectivity index (χ3v) is 2.20. The maximum absolute atomic E-state index is 10.8. The van der Waals surface area contributed by atoms with E-state index in [1.807, 2.05) is 0 Å². The zero-order valence-electron chi connectivity index (χ0n) is 7.13. The van der Waals surface area contributed by atoms with Crippen LogP contribution in [0.5, 0.6) is 0 Å². The zero-order valence-corrected chi connectivity index (χ0v) is 7.13. The van der Waals surface area contributed by atoms with Crippen LogP contribution in [0.25, 0.3) is 0 Å². The molecule has 0 fully saturated rings. The second-order valence-electron chi connectivity index (χ2n) is 3.53. The van der Waals surface area contributed by atoms with Gasteiger partial charge in [0, 0.05) is 5.92 Å². The minimum absolute atomic E-state index is 0.0787. The van der Waals surface area contributed by atoms with Gasteiger partial charge in [0.1, 0.15) is 0 Å². The lowest BCUT2D eigenvalue weighted by molar-refractivity contribution is -0.122. The Kier molecular flexibility index (Phi) is 2.32. The van der Waals surface area contributed by atoms with Crippen LogP contribution in [0.2, 0.25) is 0 Å². The summed E-state index contributed by atoms with van der Waals surface area (Å²) in [7, 11) is 0. The molecule has 11 heavy (non-hydrogen) atoms. The van der Waals surface area contributed by atoms with Crippen molar-refractivity contribution in [1.82, 2.24) is 0 Å². The molecule has 0 radical (unpaired) electrons. The largest absolute Gasteiger partial charge is 0.369 e. The molecule has 1 amide bonds. The monoisotopic (exact) mass is 153 g/mol. The van der Waals surface area contributed by atoms with E-state index in [2.05, 4.69) is 19.9 Å². The summed E-state index contributed by atoms with van der Waals surface area (Å²) in [4.78, 5) is 10.8. The number of nitrogens with two attached hydrogens (primary N) is 1. The summed E-state index contributed by atoms with van der Waals surface area (Å²) in [6.45, 7) is 4.18. The number of carbonyl (C=O) groups is 1. The van der Waals surface area contributed by atoms with E-state index in [4.69, 9.17) is 5.73 Å². The van der Waals surface area contributed by atoms with Gasteiger partial charge in [-0.1, -0.05) is 18.6 Å². The first kappa shape index (κ1) is 8.31. The molecule has 1 aliphatic rings. The van der Waals surface area contributed by atoms with Crippen LogP contribution in [0.3, 0.4) is 0 Å². The molecular weight excluding hydrogens is 138 g/mol. The first-order valence-electron chi connectivity index (χ1n) is 4.06. The van der Waals surface area contributed by atoms with Crippen molar-refractivity contribution in [2.45, 2.75) is 26.7 Å². The summed E-state index contributed by atoms with van der Waals surface area (Å²) in [5, 5.41) is 0. The Morgan fingerprint density at radius 1 is 1.73 bits per heavy atom. The van der Waals surface area contributed by atoms with Crippen molar-refractivity contribution >= 4 is 5.91 Å². The molecule has 0 aliphatic heterocycles. The van der Waals surface area contributed by atoms with E-state index in [-0.39, 0.29) is 11.8 Å². The Balaban J connectivity index is 2.64. The van der Waals surface area contributed by atoms with Crippen molar-refractivity contribution in [3.63, 3.8) is 0 Å². The highest BCUT2D eigenvalue weighted by molar-refractivity contribution is 5.77. The van der Waals surface area contributed by atoms with Crippen LogP contribution in [0.4, 0.5) is 0 Å². The van der Waals surface area contributed by atoms with Gasteiger partial charge in [-0.2, -0.15) is 0 Å². The van der Waals surface area contributed by atoms with Crippen LogP contribution in [0.15, 0.2) is 11.6 Å². The fourth-order valence-electron chi connectivity index (χ4n) is 1.76. The van der Waals surface area contributed by atoms with Crippen LogP contribution in [0, 0.1) is 11.8 Å². The van der Waals surface area contributed by atoms with Gasteiger partial charge in [0.15, 0.2) is 0 Å². The highest BCUT2D eigenvalue weighted by Gasteiger charge is 2.21. The number of carbonyl (C=O) groups excluding carboxylic acids is 1. The quantitative estimate of drug-likeness (QED) is 0.569. The second kappa shape index (κ2) is 3.07. The topological polar surface area (TPSA) is 43.1 Å². The Labute approximate surface area is 67.5 Å². The Bertz CT molecular complexity index is 196. The molecule has 1 rings (SSSR count). The summed E-state index contributed by atoms with van der Waals surface area (Å²) in [6.07, 6.45) is 4.01. The molecule has 0 saturated carbocycles. The number of amides is 1. The molecule has 0 bridgehead atoms. The summed E-state index contributed by atoms with van der Waals surface area (Å²) < 4.78 is 0. The Hall–Kier alpha value is -0.790. The summed E-state index contributed by atoms with van der Waals surface area (Å²) in [5.74, 6) is 0.445. The van der Waals surface area contributed by atoms with Gasteiger partial charge in [0.25, 0.3) is 0 Å². The summed E-state index contributed by atoms with van der Waals surface area (Å²) in [6, 6.07) is 0. The van der Waals surface area contributed by atoms with E-state index >= 15 is 0 Å². The molecule has 2 nitrogen and oxygen atoms in total. The minimum atomic E-state index is -0.149. The van der Waals surface area contributed by atoms with Gasteiger partial charge in [-0.05, 0) is 25.7 Å². The smallest absolute Gasteiger partial charge is 0.220 e. The molecule has 2 N–H and O–H groups in total. The molecule has 0 aromatic carbocycles. The number of hydrogen-bond donors (Lipinski definition) is 1. The molecule has 2 atom stereocenters. The fraction of sp³-hybridized carbons (Fsp3) is 0.667. The lowest BCUT2D eigenvalue weighted by atomic mass is 9.83. The third kappa shape index (κ3) is 2.07. The fourth-order valence-corrected chi connectivity index (χ4v) is 1.76. The number of primary amides is 1. The molecule has 0 aromatic heterocycles. The maximum atomic E-state index is 10.8. The molecule has 1 aliphatic carbocycles. The van der Waals surface area contributed by atoms with Crippen molar-refractivity contribution in [2.75, 3.05) is 0 Å². The van der Waals surface area contributed by atoms with Crippen molar-refractivity contribution in [3.05, 3.63) is 11.6 Å². The van der Waals surface area contributed by atoms with Gasteiger partial charge in [0.2, 0.25) is 5.91 Å². The van der Waals surface area contributed by atoms with E-state index < -0.39 is 0 Å². The number of allylic oxidation sites excluding steroid dienone is 2. The molecule has 2 heteroatoms. The number of rotatable bonds is 1. The highest BCUT2D eigenvalue weighted by atomic mass is 16.1. The minimum Gasteiger partial charge on any atom is -0.369 e. The van der Waals surface area contributed by atoms with E-state index in [0.717, 1.165) is 12.8 Å². The molecule has 0 aromatic rings. The molecule has 2 unspecified atom stereocenters. The Morgan fingerprint density at radius 3 is 2.82 bits per heavy atom. The maximum Gasteiger partial charge on any atom is 0.220 e. The van der Waals surface area contributed by atoms with Crippen LogP contribution in [-0.2, 0) is 4.79 Å². The van der Waals surface area contributed by atoms with E-state index in [1.54, 1.807) is 0 Å². The van der Waals surface area contributed by atoms with Gasteiger partial charge in [-0.3, -0.25) is 4.79 Å². The van der Waals surface area contributed by atoms with Crippen LogP contribution in [-0.4, -0.2) is 5.91 Å². The van der Waals surface area contributed by atoms with Crippen molar-refractivity contribution in [1.29, 1.82) is 0 Å². The molecule has 0 heterocycles. The first-order valence-corrected chi connectivity index (χ1v) is 4.06. The number of hydrogen-bond acceptors (Lipinski definition) is 1. The van der Waals surface area contributed by atoms with E-state index in [1.165, 1.54) is 5.57 Å². The standard InChI is InChI=1S/C9H15NO/c1-6-3-7(2)5-8(4-6)9(10)11/h3,6,8H,4-5H2,1-2H3,(H2,10,11). The van der Waals surface area contributed by atoms with E-state index in [0.29, 0.717) is 5.92 Å². The zero-order chi connectivity index (χ0) is 8.43. The van der Waals surface area contributed by atoms with Gasteiger partial charge in [-0.25, -0.2) is 0 Å². The average Bonchev–Trinajstić information content (AvgIpc) is 1.85. The van der Waals surface area contributed by atoms with Crippen LogP contribution < -0.4 is 5.73 Å². The predicted molar refractivity (Wildman–Crippen MR) is 44.8 cm³/mol. The summed E-state index contributed by atoms with van der Waals surface area (Å²) >= 11 is 0. The Morgan fingerprint density at radius 2 is 2.36 bits per heavy atom. The van der Waals surface area contributed by atoms with Crippen molar-refractivity contribution < 1.29 is 4.79 Å². The van der Waals surface area contributed by atoms with E-state index in [9.17, 15) is 4.79 Å². The van der Waals surface area contributed by atoms with Crippen LogP contribution in [0.1, 0.15) is 26.7 Å². The van der Waals surface area contributed by atoms with Gasteiger partial charge < -0.3 is 5.73 Å². The normalized spacial score (nSPS) is 31.3. The molecular formula is C9H15NO. The van der Waals surface area contributed by atoms with Gasteiger partial charge in [0.05, 0.1) is 0 Å². The highest BCUT2D eigenvalue weighted by Crippen LogP contribution is 2.27. The lowest BCUT2D eigenvalue weighted by Gasteiger charge is -2.22. The lowest BCUT2D eigenvalue weighted by Crippen LogP contribution is -2.27. The second-order valence-corrected chi connectivity index (χ2v) is 3.53. The molecule has 0 spiro atoms. The SMILES string of the molecule is CC1=CC(C)CC(C(N)=O)C1. The first-order chi connectivity index (χ1) is 5.09. The predicted octanol–water partition coefficient (Wildman–Crippen LogP) is 1.46. The van der Waals surface area contributed by atoms with Gasteiger partial charge in [-0.15, -0.1) is 0 Å².